The Bertz CT molecular complexity index is 718. The van der Waals surface area contributed by atoms with Crippen molar-refractivity contribution in [2.45, 2.75) is 52.0 Å². The normalized spacial score (nSPS) is 20.0. The molecule has 3 rings (SSSR count). The van der Waals surface area contributed by atoms with Crippen LogP contribution >= 0.6 is 11.3 Å². The average Bonchev–Trinajstić information content (AvgIpc) is 3.11. The van der Waals surface area contributed by atoms with E-state index in [1.165, 1.54) is 12.8 Å². The van der Waals surface area contributed by atoms with Gasteiger partial charge in [0.15, 0.2) is 0 Å². The molecule has 1 saturated carbocycles. The number of nitrogens with zero attached hydrogens (tertiary/aromatic N) is 2. The quantitative estimate of drug-likeness (QED) is 0.732. The zero-order valence-corrected chi connectivity index (χ0v) is 16.7. The Balaban J connectivity index is 1.59. The lowest BCUT2D eigenvalue weighted by Crippen LogP contribution is -2.40. The van der Waals surface area contributed by atoms with Gasteiger partial charge in [0.05, 0.1) is 18.7 Å². The maximum absolute atomic E-state index is 12.6. The van der Waals surface area contributed by atoms with Gasteiger partial charge in [-0.3, -0.25) is 4.79 Å². The second-order valence-electron chi connectivity index (χ2n) is 7.20. The largest absolute Gasteiger partial charge is 0.494 e. The number of amides is 1. The van der Waals surface area contributed by atoms with Crippen molar-refractivity contribution in [3.63, 3.8) is 0 Å². The summed E-state index contributed by atoms with van der Waals surface area (Å²) in [6.07, 6.45) is 5.08. The first-order valence-electron chi connectivity index (χ1n) is 9.50. The van der Waals surface area contributed by atoms with Crippen molar-refractivity contribution >= 4 is 17.2 Å². The zero-order valence-electron chi connectivity index (χ0n) is 15.9. The monoisotopic (exact) mass is 372 g/mol. The first-order valence-corrected chi connectivity index (χ1v) is 10.4. The number of hydrogen-bond donors (Lipinski definition) is 0. The van der Waals surface area contributed by atoms with E-state index in [0.717, 1.165) is 40.8 Å². The van der Waals surface area contributed by atoms with Gasteiger partial charge in [-0.15, -0.1) is 11.3 Å². The molecule has 1 aromatic heterocycles. The van der Waals surface area contributed by atoms with Crippen LogP contribution < -0.4 is 4.74 Å². The topological polar surface area (TPSA) is 42.4 Å². The highest BCUT2D eigenvalue weighted by Crippen LogP contribution is 2.28. The minimum Gasteiger partial charge on any atom is -0.494 e. The van der Waals surface area contributed by atoms with Crippen molar-refractivity contribution in [3.8, 4) is 16.3 Å². The van der Waals surface area contributed by atoms with Crippen molar-refractivity contribution in [2.24, 2.45) is 5.92 Å². The number of carbonyl (C=O) groups excluding carboxylic acids is 1. The molecule has 0 radical (unpaired) electrons. The summed E-state index contributed by atoms with van der Waals surface area (Å²) in [7, 11) is 1.95. The van der Waals surface area contributed by atoms with E-state index < -0.39 is 0 Å². The van der Waals surface area contributed by atoms with Crippen LogP contribution in [0.15, 0.2) is 29.6 Å². The fourth-order valence-electron chi connectivity index (χ4n) is 3.49. The lowest BCUT2D eigenvalue weighted by molar-refractivity contribution is -0.132. The number of ether oxygens (including phenoxy) is 1. The standard InChI is InChI=1S/C21H28N2O2S/c1-4-25-19-11-7-16(8-12-19)21-22-17(14-26-21)13-20(24)23(3)18-9-5-15(2)6-10-18/h7-8,11-12,14-15,18H,4-6,9-10,13H2,1-3H3. The number of rotatable bonds is 6. The van der Waals surface area contributed by atoms with Gasteiger partial charge in [-0.1, -0.05) is 6.92 Å². The third-order valence-corrected chi connectivity index (χ3v) is 6.16. The van der Waals surface area contributed by atoms with E-state index in [1.54, 1.807) is 11.3 Å². The number of aromatic nitrogens is 1. The van der Waals surface area contributed by atoms with Gasteiger partial charge in [0, 0.05) is 24.0 Å². The molecule has 1 heterocycles. The second kappa shape index (κ2) is 8.67. The zero-order chi connectivity index (χ0) is 18.5. The summed E-state index contributed by atoms with van der Waals surface area (Å²) in [5.74, 6) is 1.84. The van der Waals surface area contributed by atoms with E-state index in [9.17, 15) is 4.79 Å². The minimum absolute atomic E-state index is 0.174. The molecular weight excluding hydrogens is 344 g/mol. The van der Waals surface area contributed by atoms with Gasteiger partial charge in [-0.25, -0.2) is 4.98 Å². The summed E-state index contributed by atoms with van der Waals surface area (Å²) < 4.78 is 5.48. The molecule has 0 saturated heterocycles. The molecule has 1 aliphatic rings. The molecule has 5 heteroatoms. The first-order chi connectivity index (χ1) is 12.6. The molecule has 140 valence electrons. The van der Waals surface area contributed by atoms with E-state index in [-0.39, 0.29) is 5.91 Å². The molecule has 0 aliphatic heterocycles. The van der Waals surface area contributed by atoms with Gasteiger partial charge in [-0.05, 0) is 62.8 Å². The first kappa shape index (κ1) is 18.9. The van der Waals surface area contributed by atoms with Crippen LogP contribution in [0.2, 0.25) is 0 Å². The Morgan fingerprint density at radius 1 is 1.23 bits per heavy atom. The summed E-state index contributed by atoms with van der Waals surface area (Å²) >= 11 is 1.59. The predicted molar refractivity (Wildman–Crippen MR) is 107 cm³/mol. The fraction of sp³-hybridized carbons (Fsp3) is 0.524. The van der Waals surface area contributed by atoms with Crippen LogP contribution in [0.5, 0.6) is 5.75 Å². The molecule has 1 amide bonds. The van der Waals surface area contributed by atoms with Gasteiger partial charge in [0.1, 0.15) is 10.8 Å². The molecule has 0 unspecified atom stereocenters. The summed E-state index contributed by atoms with van der Waals surface area (Å²) in [6.45, 7) is 4.94. The Hall–Kier alpha value is -1.88. The molecule has 1 aliphatic carbocycles. The van der Waals surface area contributed by atoms with E-state index in [1.807, 2.05) is 48.5 Å². The average molecular weight is 373 g/mol. The SMILES string of the molecule is CCOc1ccc(-c2nc(CC(=O)N(C)C3CCC(C)CC3)cs2)cc1. The molecule has 1 fully saturated rings. The van der Waals surface area contributed by atoms with E-state index in [0.29, 0.717) is 19.1 Å². The minimum atomic E-state index is 0.174. The molecule has 2 aromatic rings. The summed E-state index contributed by atoms with van der Waals surface area (Å²) in [5, 5.41) is 2.95. The Morgan fingerprint density at radius 3 is 2.58 bits per heavy atom. The van der Waals surface area contributed by atoms with Crippen LogP contribution in [0, 0.1) is 5.92 Å². The summed E-state index contributed by atoms with van der Waals surface area (Å²) in [4.78, 5) is 19.2. The highest BCUT2D eigenvalue weighted by atomic mass is 32.1. The van der Waals surface area contributed by atoms with Gasteiger partial charge in [0.25, 0.3) is 0 Å². The van der Waals surface area contributed by atoms with E-state index >= 15 is 0 Å². The van der Waals surface area contributed by atoms with Crippen LogP contribution in [-0.4, -0.2) is 35.5 Å². The van der Waals surface area contributed by atoms with Crippen molar-refractivity contribution in [1.29, 1.82) is 0 Å². The third kappa shape index (κ3) is 4.64. The lowest BCUT2D eigenvalue weighted by Gasteiger charge is -2.33. The highest BCUT2D eigenvalue weighted by molar-refractivity contribution is 7.13. The van der Waals surface area contributed by atoms with Crippen molar-refractivity contribution in [1.82, 2.24) is 9.88 Å². The molecule has 1 aromatic carbocycles. The van der Waals surface area contributed by atoms with Crippen LogP contribution in [0.3, 0.4) is 0 Å². The second-order valence-corrected chi connectivity index (χ2v) is 8.05. The number of carbonyl (C=O) groups is 1. The van der Waals surface area contributed by atoms with E-state index in [4.69, 9.17) is 4.74 Å². The van der Waals surface area contributed by atoms with E-state index in [2.05, 4.69) is 11.9 Å². The van der Waals surface area contributed by atoms with Gasteiger partial charge in [-0.2, -0.15) is 0 Å². The van der Waals surface area contributed by atoms with Gasteiger partial charge >= 0.3 is 0 Å². The molecule has 4 nitrogen and oxygen atoms in total. The van der Waals surface area contributed by atoms with Crippen molar-refractivity contribution in [3.05, 3.63) is 35.3 Å². The number of benzene rings is 1. The van der Waals surface area contributed by atoms with Crippen molar-refractivity contribution in [2.75, 3.05) is 13.7 Å². The smallest absolute Gasteiger partial charge is 0.228 e. The Labute approximate surface area is 160 Å². The fourth-order valence-corrected chi connectivity index (χ4v) is 4.32. The predicted octanol–water partition coefficient (Wildman–Crippen LogP) is 4.79. The van der Waals surface area contributed by atoms with Crippen LogP contribution in [0.1, 0.15) is 45.2 Å². The highest BCUT2D eigenvalue weighted by Gasteiger charge is 2.25. The maximum atomic E-state index is 12.6. The van der Waals surface area contributed by atoms with Crippen LogP contribution in [0.4, 0.5) is 0 Å². The molecule has 0 bridgehead atoms. The number of thiazole rings is 1. The molecule has 26 heavy (non-hydrogen) atoms. The van der Waals surface area contributed by atoms with Gasteiger partial charge in [0.2, 0.25) is 5.91 Å². The van der Waals surface area contributed by atoms with Crippen LogP contribution in [0.25, 0.3) is 10.6 Å². The number of likely N-dealkylation sites (N-methyl/N-ethyl adjacent to an activating group) is 1. The molecule has 0 N–H and O–H groups in total. The van der Waals surface area contributed by atoms with Crippen molar-refractivity contribution < 1.29 is 9.53 Å². The summed E-state index contributed by atoms with van der Waals surface area (Å²) in [6, 6.07) is 8.35. The molecule has 0 atom stereocenters. The Kier molecular flexibility index (Phi) is 6.30. The van der Waals surface area contributed by atoms with Gasteiger partial charge < -0.3 is 9.64 Å². The Morgan fingerprint density at radius 2 is 1.92 bits per heavy atom. The van der Waals surface area contributed by atoms with Crippen LogP contribution in [-0.2, 0) is 11.2 Å². The molecular formula is C21H28N2O2S. The molecule has 0 spiro atoms. The number of hydrogen-bond acceptors (Lipinski definition) is 4. The maximum Gasteiger partial charge on any atom is 0.228 e. The summed E-state index contributed by atoms with van der Waals surface area (Å²) in [5.41, 5.74) is 1.92. The third-order valence-electron chi connectivity index (χ3n) is 5.22. The lowest BCUT2D eigenvalue weighted by atomic mass is 9.86.